The van der Waals surface area contributed by atoms with E-state index in [1.807, 2.05) is 32.0 Å². The lowest BCUT2D eigenvalue weighted by atomic mass is 10.2. The minimum absolute atomic E-state index is 0.766. The van der Waals surface area contributed by atoms with Gasteiger partial charge in [-0.1, -0.05) is 12.1 Å². The lowest BCUT2D eigenvalue weighted by Gasteiger charge is -1.94. The van der Waals surface area contributed by atoms with Gasteiger partial charge in [0.25, 0.3) is 0 Å². The van der Waals surface area contributed by atoms with E-state index >= 15 is 0 Å². The van der Waals surface area contributed by atoms with Crippen LogP contribution in [0.25, 0.3) is 22.6 Å². The first-order valence-corrected chi connectivity index (χ1v) is 5.48. The predicted molar refractivity (Wildman–Crippen MR) is 66.6 cm³/mol. The van der Waals surface area contributed by atoms with E-state index < -0.39 is 0 Å². The van der Waals surface area contributed by atoms with E-state index in [4.69, 9.17) is 0 Å². The number of para-hydroxylation sites is 1. The Labute approximate surface area is 98.8 Å². The first kappa shape index (κ1) is 9.96. The summed E-state index contributed by atoms with van der Waals surface area (Å²) in [5, 5.41) is 0. The summed E-state index contributed by atoms with van der Waals surface area (Å²) < 4.78 is 0. The minimum atomic E-state index is 0.766. The third-order valence-corrected chi connectivity index (χ3v) is 2.74. The molecule has 4 heteroatoms. The lowest BCUT2D eigenvalue weighted by Crippen LogP contribution is -1.89. The van der Waals surface area contributed by atoms with Gasteiger partial charge in [-0.15, -0.1) is 0 Å². The molecule has 0 radical (unpaired) electrons. The molecule has 0 spiro atoms. The van der Waals surface area contributed by atoms with Gasteiger partial charge in [-0.05, 0) is 25.5 Å². The average Bonchev–Trinajstić information content (AvgIpc) is 2.75. The van der Waals surface area contributed by atoms with Crippen LogP contribution in [0.4, 0.5) is 0 Å². The van der Waals surface area contributed by atoms with Gasteiger partial charge < -0.3 is 4.98 Å². The molecule has 3 aromatic rings. The highest BCUT2D eigenvalue weighted by molar-refractivity contribution is 5.81. The number of hydrogen-bond donors (Lipinski definition) is 1. The third kappa shape index (κ3) is 1.67. The van der Waals surface area contributed by atoms with Gasteiger partial charge in [-0.25, -0.2) is 9.97 Å². The number of benzene rings is 1. The number of fused-ring (bicyclic) bond motifs is 1. The van der Waals surface area contributed by atoms with Crippen molar-refractivity contribution in [1.82, 2.24) is 19.9 Å². The number of nitrogens with zero attached hydrogens (tertiary/aromatic N) is 3. The Balaban J connectivity index is 2.18. The van der Waals surface area contributed by atoms with Gasteiger partial charge in [0, 0.05) is 6.20 Å². The molecular formula is C13H12N4. The fourth-order valence-corrected chi connectivity index (χ4v) is 1.81. The largest absolute Gasteiger partial charge is 0.337 e. The van der Waals surface area contributed by atoms with E-state index in [0.29, 0.717) is 0 Å². The number of rotatable bonds is 1. The quantitative estimate of drug-likeness (QED) is 0.691. The van der Waals surface area contributed by atoms with Crippen LogP contribution in [-0.4, -0.2) is 19.9 Å². The molecule has 3 rings (SSSR count). The van der Waals surface area contributed by atoms with Crippen LogP contribution >= 0.6 is 0 Å². The molecule has 4 nitrogen and oxygen atoms in total. The van der Waals surface area contributed by atoms with Crippen LogP contribution in [0, 0.1) is 13.8 Å². The molecule has 84 valence electrons. The smallest absolute Gasteiger partial charge is 0.158 e. The number of H-pyrrole nitrogens is 1. The molecule has 2 aromatic heterocycles. The van der Waals surface area contributed by atoms with E-state index in [9.17, 15) is 0 Å². The summed E-state index contributed by atoms with van der Waals surface area (Å²) in [6.07, 6.45) is 3.48. The van der Waals surface area contributed by atoms with Crippen molar-refractivity contribution in [2.75, 3.05) is 0 Å². The summed E-state index contributed by atoms with van der Waals surface area (Å²) in [7, 11) is 0. The number of aromatic nitrogens is 4. The first-order chi connectivity index (χ1) is 8.24. The van der Waals surface area contributed by atoms with E-state index in [1.54, 1.807) is 12.4 Å². The van der Waals surface area contributed by atoms with Crippen molar-refractivity contribution < 1.29 is 0 Å². The second kappa shape index (κ2) is 3.66. The molecule has 0 unspecified atom stereocenters. The van der Waals surface area contributed by atoms with Gasteiger partial charge in [0.1, 0.15) is 5.69 Å². The average molecular weight is 224 g/mol. The zero-order chi connectivity index (χ0) is 11.8. The van der Waals surface area contributed by atoms with Crippen LogP contribution in [0.1, 0.15) is 11.3 Å². The van der Waals surface area contributed by atoms with Gasteiger partial charge in [0.2, 0.25) is 0 Å². The number of aryl methyl sites for hydroxylation is 2. The molecule has 0 fully saturated rings. The van der Waals surface area contributed by atoms with Crippen molar-refractivity contribution in [3.05, 3.63) is 41.9 Å². The molecule has 0 aliphatic heterocycles. The van der Waals surface area contributed by atoms with Crippen molar-refractivity contribution in [2.24, 2.45) is 0 Å². The Morgan fingerprint density at radius 1 is 1.06 bits per heavy atom. The molecule has 0 saturated heterocycles. The SMILES string of the molecule is Cc1cnc(-c2nc3c(C)cccc3[nH]2)cn1. The summed E-state index contributed by atoms with van der Waals surface area (Å²) in [6, 6.07) is 6.08. The van der Waals surface area contributed by atoms with Crippen LogP contribution in [-0.2, 0) is 0 Å². The Kier molecular flexibility index (Phi) is 2.14. The Bertz CT molecular complexity index is 667. The molecular weight excluding hydrogens is 212 g/mol. The second-order valence-electron chi connectivity index (χ2n) is 4.10. The second-order valence-corrected chi connectivity index (χ2v) is 4.10. The zero-order valence-electron chi connectivity index (χ0n) is 9.73. The Hall–Kier alpha value is -2.23. The van der Waals surface area contributed by atoms with Crippen LogP contribution in [0.2, 0.25) is 0 Å². The van der Waals surface area contributed by atoms with Crippen molar-refractivity contribution in [3.63, 3.8) is 0 Å². The van der Waals surface area contributed by atoms with E-state index in [0.717, 1.165) is 33.8 Å². The van der Waals surface area contributed by atoms with Crippen molar-refractivity contribution >= 4 is 11.0 Å². The maximum Gasteiger partial charge on any atom is 0.158 e. The minimum Gasteiger partial charge on any atom is -0.337 e. The number of hydrogen-bond acceptors (Lipinski definition) is 3. The van der Waals surface area contributed by atoms with Crippen molar-refractivity contribution in [2.45, 2.75) is 13.8 Å². The normalized spacial score (nSPS) is 10.9. The third-order valence-electron chi connectivity index (χ3n) is 2.74. The molecule has 1 aromatic carbocycles. The fourth-order valence-electron chi connectivity index (χ4n) is 1.81. The molecule has 0 amide bonds. The van der Waals surface area contributed by atoms with Gasteiger partial charge in [-0.3, -0.25) is 4.98 Å². The highest BCUT2D eigenvalue weighted by Gasteiger charge is 2.07. The topological polar surface area (TPSA) is 54.5 Å². The summed E-state index contributed by atoms with van der Waals surface area (Å²) in [5.41, 5.74) is 4.85. The van der Waals surface area contributed by atoms with E-state index in [2.05, 4.69) is 19.9 Å². The van der Waals surface area contributed by atoms with Gasteiger partial charge in [0.05, 0.1) is 22.9 Å². The van der Waals surface area contributed by atoms with Crippen LogP contribution < -0.4 is 0 Å². The molecule has 17 heavy (non-hydrogen) atoms. The highest BCUT2D eigenvalue weighted by atomic mass is 15.0. The molecule has 0 aliphatic carbocycles. The van der Waals surface area contributed by atoms with Crippen LogP contribution in [0.3, 0.4) is 0 Å². The summed E-state index contributed by atoms with van der Waals surface area (Å²) >= 11 is 0. The van der Waals surface area contributed by atoms with Crippen LogP contribution in [0.5, 0.6) is 0 Å². The Morgan fingerprint density at radius 3 is 2.65 bits per heavy atom. The number of imidazole rings is 1. The number of aromatic amines is 1. The summed E-state index contributed by atoms with van der Waals surface area (Å²) in [5.74, 6) is 0.766. The zero-order valence-corrected chi connectivity index (χ0v) is 9.73. The molecule has 0 aliphatic rings. The number of nitrogens with one attached hydrogen (secondary N) is 1. The lowest BCUT2D eigenvalue weighted by molar-refractivity contribution is 1.10. The fraction of sp³-hybridized carbons (Fsp3) is 0.154. The monoisotopic (exact) mass is 224 g/mol. The first-order valence-electron chi connectivity index (χ1n) is 5.48. The molecule has 0 bridgehead atoms. The summed E-state index contributed by atoms with van der Waals surface area (Å²) in [4.78, 5) is 16.4. The highest BCUT2D eigenvalue weighted by Crippen LogP contribution is 2.20. The van der Waals surface area contributed by atoms with E-state index in [-0.39, 0.29) is 0 Å². The maximum absolute atomic E-state index is 4.55. The summed E-state index contributed by atoms with van der Waals surface area (Å²) in [6.45, 7) is 3.97. The van der Waals surface area contributed by atoms with Crippen molar-refractivity contribution in [3.8, 4) is 11.5 Å². The van der Waals surface area contributed by atoms with Gasteiger partial charge >= 0.3 is 0 Å². The van der Waals surface area contributed by atoms with Gasteiger partial charge in [-0.2, -0.15) is 0 Å². The van der Waals surface area contributed by atoms with Crippen molar-refractivity contribution in [1.29, 1.82) is 0 Å². The molecule has 2 heterocycles. The molecule has 0 atom stereocenters. The molecule has 0 saturated carbocycles. The van der Waals surface area contributed by atoms with E-state index in [1.165, 1.54) is 0 Å². The standard InChI is InChI=1S/C13H12N4/c1-8-4-3-5-10-12(8)17-13(16-10)11-7-14-9(2)6-15-11/h3-7H,1-2H3,(H,16,17). The van der Waals surface area contributed by atoms with Gasteiger partial charge in [0.15, 0.2) is 5.82 Å². The maximum atomic E-state index is 4.55. The predicted octanol–water partition coefficient (Wildman–Crippen LogP) is 2.64. The van der Waals surface area contributed by atoms with Crippen LogP contribution in [0.15, 0.2) is 30.6 Å². The Morgan fingerprint density at radius 2 is 1.94 bits per heavy atom. The molecule has 1 N–H and O–H groups in total.